The Kier molecular flexibility index (Phi) is 4.64. The van der Waals surface area contributed by atoms with Crippen molar-refractivity contribution in [1.29, 1.82) is 0 Å². The van der Waals surface area contributed by atoms with E-state index in [0.29, 0.717) is 24.7 Å². The number of amides is 1. The predicted molar refractivity (Wildman–Crippen MR) is 88.1 cm³/mol. The molecule has 3 rings (SSSR count). The first kappa shape index (κ1) is 15.0. The second-order valence-electron chi connectivity index (χ2n) is 4.80. The van der Waals surface area contributed by atoms with E-state index in [4.69, 9.17) is 16.3 Å². The Balaban J connectivity index is 1.73. The smallest absolute Gasteiger partial charge is 0.254 e. The van der Waals surface area contributed by atoms with Gasteiger partial charge in [0.2, 0.25) is 0 Å². The first-order chi connectivity index (χ1) is 10.1. The molecule has 2 aromatic rings. The number of rotatable bonds is 2. The van der Waals surface area contributed by atoms with E-state index in [1.165, 1.54) is 11.3 Å². The van der Waals surface area contributed by atoms with Crippen LogP contribution in [0, 0.1) is 0 Å². The maximum absolute atomic E-state index is 12.5. The van der Waals surface area contributed by atoms with Gasteiger partial charge in [-0.05, 0) is 39.7 Å². The zero-order valence-corrected chi connectivity index (χ0v) is 14.2. The highest BCUT2D eigenvalue weighted by Crippen LogP contribution is 2.26. The summed E-state index contributed by atoms with van der Waals surface area (Å²) >= 11 is 10.8. The highest BCUT2D eigenvalue weighted by Gasteiger charge is 2.26. The van der Waals surface area contributed by atoms with Crippen molar-refractivity contribution in [3.05, 3.63) is 55.6 Å². The molecule has 1 aromatic carbocycles. The zero-order chi connectivity index (χ0) is 14.8. The van der Waals surface area contributed by atoms with Crippen LogP contribution in [0.2, 0.25) is 5.02 Å². The van der Waals surface area contributed by atoms with Gasteiger partial charge < -0.3 is 9.64 Å². The van der Waals surface area contributed by atoms with Gasteiger partial charge in [0.05, 0.1) is 22.5 Å². The number of hydrogen-bond donors (Lipinski definition) is 0. The fourth-order valence-electron chi connectivity index (χ4n) is 2.32. The lowest BCUT2D eigenvalue weighted by Crippen LogP contribution is -2.42. The van der Waals surface area contributed by atoms with E-state index < -0.39 is 0 Å². The SMILES string of the molecule is O=C(c1csc(Br)c1)N1CCOC(c2ccc(Cl)cc2)C1. The van der Waals surface area contributed by atoms with Crippen molar-refractivity contribution >= 4 is 44.8 Å². The van der Waals surface area contributed by atoms with Crippen LogP contribution >= 0.6 is 38.9 Å². The third-order valence-electron chi connectivity index (χ3n) is 3.41. The summed E-state index contributed by atoms with van der Waals surface area (Å²) in [5.41, 5.74) is 1.77. The average molecular weight is 387 g/mol. The highest BCUT2D eigenvalue weighted by molar-refractivity contribution is 9.11. The van der Waals surface area contributed by atoms with Crippen LogP contribution in [-0.2, 0) is 4.74 Å². The van der Waals surface area contributed by atoms with Gasteiger partial charge in [-0.15, -0.1) is 11.3 Å². The Morgan fingerprint density at radius 1 is 1.38 bits per heavy atom. The lowest BCUT2D eigenvalue weighted by atomic mass is 10.1. The predicted octanol–water partition coefficient (Wildman–Crippen LogP) is 4.38. The summed E-state index contributed by atoms with van der Waals surface area (Å²) in [5, 5.41) is 2.57. The molecule has 1 atom stereocenters. The Bertz CT molecular complexity index is 643. The van der Waals surface area contributed by atoms with Crippen molar-refractivity contribution in [3.63, 3.8) is 0 Å². The van der Waals surface area contributed by atoms with Gasteiger partial charge in [0.15, 0.2) is 0 Å². The minimum Gasteiger partial charge on any atom is -0.370 e. The van der Waals surface area contributed by atoms with Crippen LogP contribution in [0.5, 0.6) is 0 Å². The number of carbonyl (C=O) groups excluding carboxylic acids is 1. The van der Waals surface area contributed by atoms with Crippen molar-refractivity contribution in [1.82, 2.24) is 4.90 Å². The van der Waals surface area contributed by atoms with Crippen molar-refractivity contribution in [3.8, 4) is 0 Å². The van der Waals surface area contributed by atoms with Crippen LogP contribution in [0.25, 0.3) is 0 Å². The third kappa shape index (κ3) is 3.48. The van der Waals surface area contributed by atoms with E-state index in [1.54, 1.807) is 0 Å². The fraction of sp³-hybridized carbons (Fsp3) is 0.267. The summed E-state index contributed by atoms with van der Waals surface area (Å²) in [6.07, 6.45) is -0.0953. The van der Waals surface area contributed by atoms with Gasteiger partial charge >= 0.3 is 0 Å². The summed E-state index contributed by atoms with van der Waals surface area (Å²) in [5.74, 6) is 0.0548. The van der Waals surface area contributed by atoms with Crippen molar-refractivity contribution in [2.75, 3.05) is 19.7 Å². The van der Waals surface area contributed by atoms with E-state index in [9.17, 15) is 4.79 Å². The number of carbonyl (C=O) groups is 1. The number of halogens is 2. The average Bonchev–Trinajstić information content (AvgIpc) is 2.94. The number of thiophene rings is 1. The Hall–Kier alpha value is -0.880. The molecule has 1 fully saturated rings. The topological polar surface area (TPSA) is 29.5 Å². The molecule has 1 aliphatic heterocycles. The first-order valence-corrected chi connectivity index (χ1v) is 8.59. The molecule has 1 aliphatic rings. The molecule has 1 saturated heterocycles. The first-order valence-electron chi connectivity index (χ1n) is 6.54. The van der Waals surface area contributed by atoms with E-state index in [-0.39, 0.29) is 12.0 Å². The van der Waals surface area contributed by atoms with Gasteiger partial charge in [0.1, 0.15) is 6.10 Å². The standard InChI is InChI=1S/C15H13BrClNO2S/c16-14-7-11(9-21-14)15(19)18-5-6-20-13(8-18)10-1-3-12(17)4-2-10/h1-4,7,9,13H,5-6,8H2. The molecule has 3 nitrogen and oxygen atoms in total. The molecule has 1 amide bonds. The molecule has 1 aromatic heterocycles. The summed E-state index contributed by atoms with van der Waals surface area (Å²) in [6, 6.07) is 9.44. The number of morpholine rings is 1. The van der Waals surface area contributed by atoms with E-state index >= 15 is 0 Å². The minimum absolute atomic E-state index is 0.0548. The Morgan fingerprint density at radius 3 is 2.81 bits per heavy atom. The highest BCUT2D eigenvalue weighted by atomic mass is 79.9. The van der Waals surface area contributed by atoms with Gasteiger partial charge in [-0.2, -0.15) is 0 Å². The van der Waals surface area contributed by atoms with Crippen LogP contribution in [0.1, 0.15) is 22.0 Å². The summed E-state index contributed by atoms with van der Waals surface area (Å²) in [6.45, 7) is 1.73. The van der Waals surface area contributed by atoms with Crippen molar-refractivity contribution < 1.29 is 9.53 Å². The summed E-state index contributed by atoms with van der Waals surface area (Å²) < 4.78 is 6.75. The van der Waals surface area contributed by atoms with Crippen LogP contribution in [-0.4, -0.2) is 30.5 Å². The molecule has 1 unspecified atom stereocenters. The molecule has 2 heterocycles. The maximum atomic E-state index is 12.5. The zero-order valence-electron chi connectivity index (χ0n) is 11.1. The molecular weight excluding hydrogens is 374 g/mol. The monoisotopic (exact) mass is 385 g/mol. The van der Waals surface area contributed by atoms with Gasteiger partial charge in [0, 0.05) is 16.9 Å². The maximum Gasteiger partial charge on any atom is 0.254 e. The normalized spacial score (nSPS) is 18.8. The quantitative estimate of drug-likeness (QED) is 0.766. The van der Waals surface area contributed by atoms with Crippen LogP contribution in [0.3, 0.4) is 0 Å². The van der Waals surface area contributed by atoms with Crippen molar-refractivity contribution in [2.45, 2.75) is 6.10 Å². The number of nitrogens with zero attached hydrogens (tertiary/aromatic N) is 1. The number of hydrogen-bond acceptors (Lipinski definition) is 3. The number of ether oxygens (including phenoxy) is 1. The minimum atomic E-state index is -0.0953. The number of benzene rings is 1. The fourth-order valence-corrected chi connectivity index (χ4v) is 3.57. The van der Waals surface area contributed by atoms with Crippen LogP contribution < -0.4 is 0 Å². The molecule has 110 valence electrons. The van der Waals surface area contributed by atoms with E-state index in [2.05, 4.69) is 15.9 Å². The van der Waals surface area contributed by atoms with Gasteiger partial charge in [-0.25, -0.2) is 0 Å². The van der Waals surface area contributed by atoms with Crippen molar-refractivity contribution in [2.24, 2.45) is 0 Å². The molecule has 21 heavy (non-hydrogen) atoms. The van der Waals surface area contributed by atoms with Gasteiger partial charge in [-0.3, -0.25) is 4.79 Å². The Labute approximate surface area is 140 Å². The molecule has 0 bridgehead atoms. The molecule has 6 heteroatoms. The van der Waals surface area contributed by atoms with Gasteiger partial charge in [-0.1, -0.05) is 23.7 Å². The van der Waals surface area contributed by atoms with E-state index in [1.807, 2.05) is 40.6 Å². The lowest BCUT2D eigenvalue weighted by molar-refractivity contribution is -0.0228. The molecule has 0 N–H and O–H groups in total. The lowest BCUT2D eigenvalue weighted by Gasteiger charge is -2.33. The van der Waals surface area contributed by atoms with E-state index in [0.717, 1.165) is 14.9 Å². The molecule has 0 spiro atoms. The molecule has 0 radical (unpaired) electrons. The van der Waals surface area contributed by atoms with Crippen LogP contribution in [0.4, 0.5) is 0 Å². The van der Waals surface area contributed by atoms with Gasteiger partial charge in [0.25, 0.3) is 5.91 Å². The molecular formula is C15H13BrClNO2S. The third-order valence-corrected chi connectivity index (χ3v) is 5.17. The second-order valence-corrected chi connectivity index (χ2v) is 7.53. The van der Waals surface area contributed by atoms with Crippen LogP contribution in [0.15, 0.2) is 39.5 Å². The summed E-state index contributed by atoms with van der Waals surface area (Å²) in [4.78, 5) is 14.3. The molecule has 0 aliphatic carbocycles. The summed E-state index contributed by atoms with van der Waals surface area (Å²) in [7, 11) is 0. The second kappa shape index (κ2) is 6.48. The largest absolute Gasteiger partial charge is 0.370 e. The Morgan fingerprint density at radius 2 is 2.14 bits per heavy atom. The molecule has 0 saturated carbocycles.